The lowest BCUT2D eigenvalue weighted by Crippen LogP contribution is -2.31. The summed E-state index contributed by atoms with van der Waals surface area (Å²) in [6, 6.07) is 12.3. The summed E-state index contributed by atoms with van der Waals surface area (Å²) in [5.74, 6) is 0. The van der Waals surface area contributed by atoms with Gasteiger partial charge >= 0.3 is 0 Å². The first-order chi connectivity index (χ1) is 9.27. The Kier molecular flexibility index (Phi) is 4.08. The predicted molar refractivity (Wildman–Crippen MR) is 80.8 cm³/mol. The molecule has 3 rings (SSSR count). The van der Waals surface area contributed by atoms with Crippen LogP contribution in [0.3, 0.4) is 0 Å². The maximum Gasteiger partial charge on any atom is 0.101 e. The van der Waals surface area contributed by atoms with Crippen molar-refractivity contribution in [2.45, 2.75) is 11.5 Å². The number of hydrogen-bond donors (Lipinski definition) is 0. The fraction of sp³-hybridized carbons (Fsp3) is 0.333. The Morgan fingerprint density at radius 1 is 1.11 bits per heavy atom. The fourth-order valence-corrected chi connectivity index (χ4v) is 3.22. The van der Waals surface area contributed by atoms with Gasteiger partial charge in [-0.25, -0.2) is 0 Å². The van der Waals surface area contributed by atoms with E-state index in [4.69, 9.17) is 21.1 Å². The molecular weight excluding hydrogens is 328 g/mol. The van der Waals surface area contributed by atoms with E-state index in [1.54, 1.807) is 0 Å². The summed E-state index contributed by atoms with van der Waals surface area (Å²) in [5, 5.41) is 2.13. The summed E-state index contributed by atoms with van der Waals surface area (Å²) < 4.78 is 12.2. The Bertz CT molecular complexity index is 581. The van der Waals surface area contributed by atoms with Gasteiger partial charge in [-0.15, -0.1) is 11.6 Å². The molecule has 1 heterocycles. The lowest BCUT2D eigenvalue weighted by molar-refractivity contribution is -0.0891. The quantitative estimate of drug-likeness (QED) is 0.758. The highest BCUT2D eigenvalue weighted by Gasteiger charge is 2.26. The maximum absolute atomic E-state index is 6.60. The first-order valence-corrected chi connectivity index (χ1v) is 7.51. The van der Waals surface area contributed by atoms with Crippen LogP contribution in [0.25, 0.3) is 10.8 Å². The standard InChI is InChI=1S/C15H14BrClO2/c16-13-6-5-12(10-3-1-2-4-11(10)13)15(17)14-9-18-7-8-19-14/h1-6,14-15H,7-9H2. The molecule has 2 aromatic carbocycles. The zero-order chi connectivity index (χ0) is 13.2. The van der Waals surface area contributed by atoms with Crippen LogP contribution in [-0.2, 0) is 9.47 Å². The monoisotopic (exact) mass is 340 g/mol. The van der Waals surface area contributed by atoms with E-state index in [1.807, 2.05) is 18.2 Å². The minimum Gasteiger partial charge on any atom is -0.376 e. The molecule has 1 aliphatic rings. The molecule has 0 N–H and O–H groups in total. The number of benzene rings is 2. The van der Waals surface area contributed by atoms with Gasteiger partial charge in [-0.1, -0.05) is 46.3 Å². The topological polar surface area (TPSA) is 18.5 Å². The molecule has 0 aromatic heterocycles. The van der Waals surface area contributed by atoms with Gasteiger partial charge in [0.1, 0.15) is 6.10 Å². The molecule has 2 atom stereocenters. The van der Waals surface area contributed by atoms with Gasteiger partial charge in [-0.05, 0) is 22.4 Å². The minimum atomic E-state index is -0.196. The van der Waals surface area contributed by atoms with Crippen LogP contribution < -0.4 is 0 Å². The van der Waals surface area contributed by atoms with Crippen molar-refractivity contribution in [1.82, 2.24) is 0 Å². The van der Waals surface area contributed by atoms with Crippen LogP contribution in [0.2, 0.25) is 0 Å². The number of rotatable bonds is 2. The molecule has 0 aliphatic carbocycles. The molecule has 19 heavy (non-hydrogen) atoms. The van der Waals surface area contributed by atoms with Crippen LogP contribution in [0.4, 0.5) is 0 Å². The average Bonchev–Trinajstić information content (AvgIpc) is 2.48. The molecule has 2 aromatic rings. The summed E-state index contributed by atoms with van der Waals surface area (Å²) in [5.41, 5.74) is 1.09. The molecule has 0 radical (unpaired) electrons. The smallest absolute Gasteiger partial charge is 0.101 e. The largest absolute Gasteiger partial charge is 0.376 e. The molecule has 100 valence electrons. The second-order valence-corrected chi connectivity index (χ2v) is 5.89. The average molecular weight is 342 g/mol. The summed E-state index contributed by atoms with van der Waals surface area (Å²) in [6.45, 7) is 1.82. The molecule has 1 fully saturated rings. The van der Waals surface area contributed by atoms with Gasteiger partial charge in [0.15, 0.2) is 0 Å². The van der Waals surface area contributed by atoms with E-state index in [0.29, 0.717) is 19.8 Å². The summed E-state index contributed by atoms with van der Waals surface area (Å²) in [4.78, 5) is 0. The Morgan fingerprint density at radius 3 is 2.63 bits per heavy atom. The summed E-state index contributed by atoms with van der Waals surface area (Å²) in [6.07, 6.45) is -0.0833. The van der Waals surface area contributed by atoms with Crippen molar-refractivity contribution in [1.29, 1.82) is 0 Å². The van der Waals surface area contributed by atoms with Crippen molar-refractivity contribution in [3.63, 3.8) is 0 Å². The fourth-order valence-electron chi connectivity index (χ4n) is 2.40. The van der Waals surface area contributed by atoms with Crippen molar-refractivity contribution >= 4 is 38.3 Å². The van der Waals surface area contributed by atoms with E-state index in [2.05, 4.69) is 34.1 Å². The lowest BCUT2D eigenvalue weighted by atomic mass is 9.99. The minimum absolute atomic E-state index is 0.0833. The molecule has 0 spiro atoms. The second-order valence-electron chi connectivity index (χ2n) is 4.57. The van der Waals surface area contributed by atoms with Gasteiger partial charge in [0.2, 0.25) is 0 Å². The van der Waals surface area contributed by atoms with Crippen LogP contribution in [0.5, 0.6) is 0 Å². The van der Waals surface area contributed by atoms with E-state index >= 15 is 0 Å². The van der Waals surface area contributed by atoms with Gasteiger partial charge in [0, 0.05) is 4.47 Å². The van der Waals surface area contributed by atoms with Crippen molar-refractivity contribution in [3.05, 3.63) is 46.4 Å². The maximum atomic E-state index is 6.60. The van der Waals surface area contributed by atoms with E-state index < -0.39 is 0 Å². The lowest BCUT2D eigenvalue weighted by Gasteiger charge is -2.27. The molecule has 0 amide bonds. The number of alkyl halides is 1. The Hall–Kier alpha value is -0.610. The van der Waals surface area contributed by atoms with Crippen LogP contribution in [0.1, 0.15) is 10.9 Å². The van der Waals surface area contributed by atoms with Gasteiger partial charge in [-0.3, -0.25) is 0 Å². The van der Waals surface area contributed by atoms with E-state index in [0.717, 1.165) is 15.4 Å². The Labute approximate surface area is 125 Å². The normalized spacial score (nSPS) is 21.5. The van der Waals surface area contributed by atoms with Crippen molar-refractivity contribution in [2.75, 3.05) is 19.8 Å². The molecule has 0 saturated carbocycles. The van der Waals surface area contributed by atoms with Crippen LogP contribution in [0, 0.1) is 0 Å². The van der Waals surface area contributed by atoms with Crippen LogP contribution in [0.15, 0.2) is 40.9 Å². The Morgan fingerprint density at radius 2 is 1.89 bits per heavy atom. The van der Waals surface area contributed by atoms with Crippen molar-refractivity contribution in [3.8, 4) is 0 Å². The highest BCUT2D eigenvalue weighted by atomic mass is 79.9. The SMILES string of the molecule is ClC(c1ccc(Br)c2ccccc12)C1COCCO1. The summed E-state index contributed by atoms with van der Waals surface area (Å²) in [7, 11) is 0. The molecular formula is C15H14BrClO2. The zero-order valence-electron chi connectivity index (χ0n) is 10.3. The van der Waals surface area contributed by atoms with Gasteiger partial charge < -0.3 is 9.47 Å². The second kappa shape index (κ2) is 5.80. The highest BCUT2D eigenvalue weighted by Crippen LogP contribution is 2.35. The zero-order valence-corrected chi connectivity index (χ0v) is 12.7. The van der Waals surface area contributed by atoms with E-state index in [1.165, 1.54) is 5.39 Å². The number of fused-ring (bicyclic) bond motifs is 1. The third-order valence-corrected chi connectivity index (χ3v) is 4.58. The molecule has 2 nitrogen and oxygen atoms in total. The third-order valence-electron chi connectivity index (χ3n) is 3.37. The molecule has 0 bridgehead atoms. The van der Waals surface area contributed by atoms with E-state index in [-0.39, 0.29) is 11.5 Å². The number of hydrogen-bond acceptors (Lipinski definition) is 2. The van der Waals surface area contributed by atoms with E-state index in [9.17, 15) is 0 Å². The predicted octanol–water partition coefficient (Wildman–Crippen LogP) is 4.30. The third kappa shape index (κ3) is 2.65. The first kappa shape index (κ1) is 13.4. The van der Waals surface area contributed by atoms with Crippen LogP contribution >= 0.6 is 27.5 Å². The molecule has 2 unspecified atom stereocenters. The molecule has 1 saturated heterocycles. The highest BCUT2D eigenvalue weighted by molar-refractivity contribution is 9.10. The van der Waals surface area contributed by atoms with Gasteiger partial charge in [0.05, 0.1) is 25.2 Å². The van der Waals surface area contributed by atoms with Crippen LogP contribution in [-0.4, -0.2) is 25.9 Å². The van der Waals surface area contributed by atoms with Crippen molar-refractivity contribution in [2.24, 2.45) is 0 Å². The summed E-state index contributed by atoms with van der Waals surface area (Å²) >= 11 is 10.2. The van der Waals surface area contributed by atoms with Crippen molar-refractivity contribution < 1.29 is 9.47 Å². The van der Waals surface area contributed by atoms with Gasteiger partial charge in [0.25, 0.3) is 0 Å². The molecule has 1 aliphatic heterocycles. The Balaban J connectivity index is 2.02. The number of halogens is 2. The first-order valence-electron chi connectivity index (χ1n) is 6.28. The molecule has 4 heteroatoms. The number of ether oxygens (including phenoxy) is 2. The van der Waals surface area contributed by atoms with Gasteiger partial charge in [-0.2, -0.15) is 0 Å².